The van der Waals surface area contributed by atoms with E-state index in [9.17, 15) is 4.79 Å². The van der Waals surface area contributed by atoms with Crippen LogP contribution in [0, 0.1) is 11.3 Å². The Morgan fingerprint density at radius 3 is 2.52 bits per heavy atom. The fourth-order valence-corrected chi connectivity index (χ4v) is 2.26. The summed E-state index contributed by atoms with van der Waals surface area (Å²) in [6.07, 6.45) is 0. The topological polar surface area (TPSA) is 78.9 Å². The highest BCUT2D eigenvalue weighted by Crippen LogP contribution is 2.21. The number of nitrogens with zero attached hydrogens (tertiary/aromatic N) is 1. The largest absolute Gasteiger partial charge is 0.398 e. The van der Waals surface area contributed by atoms with Gasteiger partial charge < -0.3 is 11.1 Å². The van der Waals surface area contributed by atoms with Gasteiger partial charge in [-0.15, -0.1) is 0 Å². The number of halogens is 1. The summed E-state index contributed by atoms with van der Waals surface area (Å²) >= 11 is 3.31. The van der Waals surface area contributed by atoms with Crippen LogP contribution >= 0.6 is 15.9 Å². The third-order valence-electron chi connectivity index (χ3n) is 3.15. The first-order valence-electron chi connectivity index (χ1n) is 6.37. The fourth-order valence-electron chi connectivity index (χ4n) is 1.88. The average molecular weight is 344 g/mol. The molecule has 0 fully saturated rings. The van der Waals surface area contributed by atoms with Gasteiger partial charge in [0, 0.05) is 15.7 Å². The Balaban J connectivity index is 2.10. The maximum Gasteiger partial charge on any atom is 0.251 e. The number of nitriles is 1. The Kier molecular flexibility index (Phi) is 4.61. The Bertz CT molecular complexity index is 704. The molecule has 4 nitrogen and oxygen atoms in total. The number of hydrogen-bond acceptors (Lipinski definition) is 3. The predicted octanol–water partition coefficient (Wildman–Crippen LogP) is 3.39. The highest BCUT2D eigenvalue weighted by Gasteiger charge is 2.12. The number of nitrogens with two attached hydrogens (primary N) is 1. The third-order valence-corrected chi connectivity index (χ3v) is 3.84. The lowest BCUT2D eigenvalue weighted by Crippen LogP contribution is -2.26. The van der Waals surface area contributed by atoms with Crippen molar-refractivity contribution >= 4 is 27.5 Å². The summed E-state index contributed by atoms with van der Waals surface area (Å²) in [4.78, 5) is 12.2. The molecule has 0 aliphatic heterocycles. The summed E-state index contributed by atoms with van der Waals surface area (Å²) < 4.78 is 0.696. The van der Waals surface area contributed by atoms with Crippen LogP contribution in [0.25, 0.3) is 0 Å². The molecule has 0 aliphatic rings. The van der Waals surface area contributed by atoms with E-state index in [-0.39, 0.29) is 11.9 Å². The second kappa shape index (κ2) is 6.42. The molecule has 0 bridgehead atoms. The van der Waals surface area contributed by atoms with Gasteiger partial charge in [-0.05, 0) is 58.7 Å². The van der Waals surface area contributed by atoms with Gasteiger partial charge in [-0.1, -0.05) is 12.1 Å². The SMILES string of the molecule is CC(NC(=O)c1ccc(N)c(Br)c1)c1ccc(C#N)cc1. The van der Waals surface area contributed by atoms with E-state index in [1.54, 1.807) is 30.3 Å². The first kappa shape index (κ1) is 15.1. The number of hydrogen-bond donors (Lipinski definition) is 2. The summed E-state index contributed by atoms with van der Waals surface area (Å²) in [6, 6.07) is 14.1. The molecular formula is C16H14BrN3O. The van der Waals surface area contributed by atoms with Crippen molar-refractivity contribution in [3.05, 3.63) is 63.6 Å². The molecule has 0 aliphatic carbocycles. The minimum absolute atomic E-state index is 0.151. The van der Waals surface area contributed by atoms with Crippen molar-refractivity contribution in [1.82, 2.24) is 5.32 Å². The molecule has 2 aromatic rings. The van der Waals surface area contributed by atoms with E-state index in [0.29, 0.717) is 21.3 Å². The summed E-state index contributed by atoms with van der Waals surface area (Å²) in [5.41, 5.74) is 8.37. The molecule has 0 aromatic heterocycles. The van der Waals surface area contributed by atoms with Crippen molar-refractivity contribution in [2.75, 3.05) is 5.73 Å². The monoisotopic (exact) mass is 343 g/mol. The second-order valence-electron chi connectivity index (χ2n) is 4.67. The lowest BCUT2D eigenvalue weighted by atomic mass is 10.1. The van der Waals surface area contributed by atoms with E-state index in [1.807, 2.05) is 19.1 Å². The van der Waals surface area contributed by atoms with Gasteiger partial charge in [0.05, 0.1) is 17.7 Å². The highest BCUT2D eigenvalue weighted by atomic mass is 79.9. The number of nitrogen functional groups attached to an aromatic ring is 1. The fraction of sp³-hybridized carbons (Fsp3) is 0.125. The maximum absolute atomic E-state index is 12.2. The van der Waals surface area contributed by atoms with Gasteiger partial charge in [-0.25, -0.2) is 0 Å². The van der Waals surface area contributed by atoms with Crippen LogP contribution in [0.3, 0.4) is 0 Å². The van der Waals surface area contributed by atoms with E-state index < -0.39 is 0 Å². The first-order chi connectivity index (χ1) is 10.0. The normalized spacial score (nSPS) is 11.5. The van der Waals surface area contributed by atoms with Crippen LogP contribution in [0.2, 0.25) is 0 Å². The van der Waals surface area contributed by atoms with Gasteiger partial charge in [0.2, 0.25) is 0 Å². The molecule has 3 N–H and O–H groups in total. The third kappa shape index (κ3) is 3.61. The van der Waals surface area contributed by atoms with Crippen LogP contribution in [0.1, 0.15) is 34.5 Å². The number of carbonyl (C=O) groups is 1. The molecule has 1 unspecified atom stereocenters. The summed E-state index contributed by atoms with van der Waals surface area (Å²) in [6.45, 7) is 1.89. The van der Waals surface area contributed by atoms with Crippen LogP contribution in [0.4, 0.5) is 5.69 Å². The minimum Gasteiger partial charge on any atom is -0.398 e. The van der Waals surface area contributed by atoms with Crippen LogP contribution in [-0.2, 0) is 0 Å². The zero-order valence-electron chi connectivity index (χ0n) is 11.4. The van der Waals surface area contributed by atoms with Crippen molar-refractivity contribution in [3.8, 4) is 6.07 Å². The van der Waals surface area contributed by atoms with Crippen molar-refractivity contribution in [1.29, 1.82) is 5.26 Å². The van der Waals surface area contributed by atoms with Gasteiger partial charge in [-0.3, -0.25) is 4.79 Å². The van der Waals surface area contributed by atoms with Crippen molar-refractivity contribution in [2.24, 2.45) is 0 Å². The van der Waals surface area contributed by atoms with E-state index >= 15 is 0 Å². The quantitative estimate of drug-likeness (QED) is 0.838. The Hall–Kier alpha value is -2.32. The van der Waals surface area contributed by atoms with Crippen molar-refractivity contribution in [3.63, 3.8) is 0 Å². The van der Waals surface area contributed by atoms with E-state index in [0.717, 1.165) is 5.56 Å². The van der Waals surface area contributed by atoms with Gasteiger partial charge in [0.15, 0.2) is 0 Å². The number of carbonyl (C=O) groups excluding carboxylic acids is 1. The molecule has 0 heterocycles. The van der Waals surface area contributed by atoms with Gasteiger partial charge >= 0.3 is 0 Å². The highest BCUT2D eigenvalue weighted by molar-refractivity contribution is 9.10. The number of rotatable bonds is 3. The van der Waals surface area contributed by atoms with E-state index in [2.05, 4.69) is 27.3 Å². The summed E-state index contributed by atoms with van der Waals surface area (Å²) in [5.74, 6) is -0.174. The van der Waals surface area contributed by atoms with Crippen LogP contribution in [-0.4, -0.2) is 5.91 Å². The average Bonchev–Trinajstić information content (AvgIpc) is 2.50. The standard InChI is InChI=1S/C16H14BrN3O/c1-10(12-4-2-11(9-18)3-5-12)20-16(21)13-6-7-15(19)14(17)8-13/h2-8,10H,19H2,1H3,(H,20,21). The molecule has 2 aromatic carbocycles. The molecule has 1 atom stereocenters. The smallest absolute Gasteiger partial charge is 0.251 e. The Morgan fingerprint density at radius 2 is 1.95 bits per heavy atom. The molecule has 1 amide bonds. The van der Waals surface area contributed by atoms with Crippen LogP contribution in [0.5, 0.6) is 0 Å². The number of amides is 1. The zero-order chi connectivity index (χ0) is 15.4. The van der Waals surface area contributed by atoms with Crippen LogP contribution in [0.15, 0.2) is 46.9 Å². The lowest BCUT2D eigenvalue weighted by Gasteiger charge is -2.14. The molecule has 2 rings (SSSR count). The zero-order valence-corrected chi connectivity index (χ0v) is 13.0. The first-order valence-corrected chi connectivity index (χ1v) is 7.16. The molecule has 0 saturated carbocycles. The Morgan fingerprint density at radius 1 is 1.29 bits per heavy atom. The van der Waals surface area contributed by atoms with Gasteiger partial charge in [0.1, 0.15) is 0 Å². The molecule has 0 spiro atoms. The van der Waals surface area contributed by atoms with Crippen molar-refractivity contribution < 1.29 is 4.79 Å². The number of anilines is 1. The molecule has 21 heavy (non-hydrogen) atoms. The molecule has 5 heteroatoms. The number of nitrogens with one attached hydrogen (secondary N) is 1. The second-order valence-corrected chi connectivity index (χ2v) is 5.52. The molecule has 0 radical (unpaired) electrons. The Labute approximate surface area is 131 Å². The molecule has 106 valence electrons. The van der Waals surface area contributed by atoms with E-state index in [4.69, 9.17) is 11.0 Å². The molecular weight excluding hydrogens is 330 g/mol. The molecule has 0 saturated heterocycles. The summed E-state index contributed by atoms with van der Waals surface area (Å²) in [7, 11) is 0. The van der Waals surface area contributed by atoms with Crippen LogP contribution < -0.4 is 11.1 Å². The maximum atomic E-state index is 12.2. The van der Waals surface area contributed by atoms with Crippen molar-refractivity contribution in [2.45, 2.75) is 13.0 Å². The summed E-state index contributed by atoms with van der Waals surface area (Å²) in [5, 5.41) is 11.7. The number of benzene rings is 2. The van der Waals surface area contributed by atoms with E-state index in [1.165, 1.54) is 0 Å². The van der Waals surface area contributed by atoms with Gasteiger partial charge in [-0.2, -0.15) is 5.26 Å². The van der Waals surface area contributed by atoms with Gasteiger partial charge in [0.25, 0.3) is 5.91 Å². The minimum atomic E-state index is -0.174. The predicted molar refractivity (Wildman–Crippen MR) is 85.6 cm³/mol. The lowest BCUT2D eigenvalue weighted by molar-refractivity contribution is 0.0940.